The lowest BCUT2D eigenvalue weighted by atomic mass is 9.97. The summed E-state index contributed by atoms with van der Waals surface area (Å²) in [4.78, 5) is 27.6. The van der Waals surface area contributed by atoms with Crippen LogP contribution in [0, 0.1) is 5.92 Å². The standard InChI is InChI=1S/C18H24ClN5O2S/c1-23(17(25)12-2-4-20-5-3-12)11-13-10-14-15(24-6-8-26-9-7-24)21-18(19)22-16(14)27-13/h10,12,20H,2-9,11H2,1H3. The van der Waals surface area contributed by atoms with Gasteiger partial charge in [0.15, 0.2) is 0 Å². The minimum Gasteiger partial charge on any atom is -0.378 e. The van der Waals surface area contributed by atoms with Gasteiger partial charge in [-0.1, -0.05) is 0 Å². The van der Waals surface area contributed by atoms with Crippen molar-refractivity contribution in [2.45, 2.75) is 19.4 Å². The van der Waals surface area contributed by atoms with Crippen LogP contribution in [0.5, 0.6) is 0 Å². The quantitative estimate of drug-likeness (QED) is 0.780. The number of nitrogens with zero attached hydrogens (tertiary/aromatic N) is 4. The molecule has 2 fully saturated rings. The highest BCUT2D eigenvalue weighted by atomic mass is 35.5. The Kier molecular flexibility index (Phi) is 5.77. The number of amides is 1. The van der Waals surface area contributed by atoms with Gasteiger partial charge in [0, 0.05) is 30.9 Å². The second kappa shape index (κ2) is 8.26. The molecule has 2 aromatic heterocycles. The van der Waals surface area contributed by atoms with E-state index >= 15 is 0 Å². The van der Waals surface area contributed by atoms with Crippen LogP contribution in [0.4, 0.5) is 5.82 Å². The predicted octanol–water partition coefficient (Wildman–Crippen LogP) is 2.14. The lowest BCUT2D eigenvalue weighted by molar-refractivity contribution is -0.135. The molecule has 4 rings (SSSR count). The molecule has 27 heavy (non-hydrogen) atoms. The zero-order chi connectivity index (χ0) is 18.8. The molecule has 0 bridgehead atoms. The van der Waals surface area contributed by atoms with Crippen molar-refractivity contribution in [1.29, 1.82) is 0 Å². The molecule has 0 unspecified atom stereocenters. The Hall–Kier alpha value is -1.48. The van der Waals surface area contributed by atoms with Gasteiger partial charge in [0.1, 0.15) is 10.6 Å². The zero-order valence-electron chi connectivity index (χ0n) is 15.4. The highest BCUT2D eigenvalue weighted by Gasteiger charge is 2.25. The number of rotatable bonds is 4. The fraction of sp³-hybridized carbons (Fsp3) is 0.611. The molecule has 7 nitrogen and oxygen atoms in total. The molecule has 9 heteroatoms. The fourth-order valence-electron chi connectivity index (χ4n) is 3.72. The molecule has 1 N–H and O–H groups in total. The highest BCUT2D eigenvalue weighted by molar-refractivity contribution is 7.18. The number of ether oxygens (including phenoxy) is 1. The minimum atomic E-state index is 0.128. The van der Waals surface area contributed by atoms with E-state index in [4.69, 9.17) is 16.3 Å². The Bertz CT molecular complexity index is 817. The summed E-state index contributed by atoms with van der Waals surface area (Å²) in [7, 11) is 1.89. The van der Waals surface area contributed by atoms with Crippen LogP contribution >= 0.6 is 22.9 Å². The van der Waals surface area contributed by atoms with Gasteiger partial charge in [-0.15, -0.1) is 11.3 Å². The number of nitrogens with one attached hydrogen (secondary N) is 1. The number of carbonyl (C=O) groups excluding carboxylic acids is 1. The van der Waals surface area contributed by atoms with E-state index in [1.807, 2.05) is 11.9 Å². The van der Waals surface area contributed by atoms with Crippen molar-refractivity contribution < 1.29 is 9.53 Å². The average molecular weight is 410 g/mol. The third-order valence-corrected chi connectivity index (χ3v) is 6.35. The molecule has 2 saturated heterocycles. The maximum absolute atomic E-state index is 12.7. The molecule has 146 valence electrons. The van der Waals surface area contributed by atoms with E-state index < -0.39 is 0 Å². The maximum atomic E-state index is 12.7. The normalized spacial score (nSPS) is 18.8. The number of thiophene rings is 1. The molecule has 0 aromatic carbocycles. The Balaban J connectivity index is 1.54. The lowest BCUT2D eigenvalue weighted by Crippen LogP contribution is -2.38. The van der Waals surface area contributed by atoms with Gasteiger partial charge in [0.05, 0.1) is 25.1 Å². The van der Waals surface area contributed by atoms with Crippen LogP contribution in [0.1, 0.15) is 17.7 Å². The van der Waals surface area contributed by atoms with Crippen molar-refractivity contribution in [1.82, 2.24) is 20.2 Å². The van der Waals surface area contributed by atoms with Crippen molar-refractivity contribution in [3.63, 3.8) is 0 Å². The van der Waals surface area contributed by atoms with E-state index in [2.05, 4.69) is 26.3 Å². The maximum Gasteiger partial charge on any atom is 0.225 e. The molecule has 0 atom stereocenters. The number of aromatic nitrogens is 2. The number of halogens is 1. The number of hydrogen-bond acceptors (Lipinski definition) is 7. The Morgan fingerprint density at radius 3 is 2.85 bits per heavy atom. The molecule has 2 aliphatic heterocycles. The van der Waals surface area contributed by atoms with Crippen LogP contribution in [0.25, 0.3) is 10.2 Å². The van der Waals surface area contributed by atoms with Crippen LogP contribution in [0.3, 0.4) is 0 Å². The summed E-state index contributed by atoms with van der Waals surface area (Å²) in [5.41, 5.74) is 0. The summed E-state index contributed by atoms with van der Waals surface area (Å²) in [5.74, 6) is 1.22. The SMILES string of the molecule is CN(Cc1cc2c(N3CCOCC3)nc(Cl)nc2s1)C(=O)C1CCNCC1. The van der Waals surface area contributed by atoms with Crippen LogP contribution in [0.2, 0.25) is 5.28 Å². The zero-order valence-corrected chi connectivity index (χ0v) is 17.0. The van der Waals surface area contributed by atoms with Gasteiger partial charge in [-0.25, -0.2) is 4.98 Å². The molecule has 0 saturated carbocycles. The number of morpholine rings is 1. The second-order valence-electron chi connectivity index (χ2n) is 7.07. The van der Waals surface area contributed by atoms with Crippen molar-refractivity contribution in [2.24, 2.45) is 5.92 Å². The minimum absolute atomic E-state index is 0.128. The molecule has 2 aliphatic rings. The van der Waals surface area contributed by atoms with E-state index in [1.54, 1.807) is 11.3 Å². The fourth-order valence-corrected chi connectivity index (χ4v) is 5.01. The van der Waals surface area contributed by atoms with E-state index in [0.29, 0.717) is 19.8 Å². The molecule has 2 aromatic rings. The van der Waals surface area contributed by atoms with Gasteiger partial charge in [-0.3, -0.25) is 4.79 Å². The number of hydrogen-bond donors (Lipinski definition) is 1. The predicted molar refractivity (Wildman–Crippen MR) is 108 cm³/mol. The molecule has 1 amide bonds. The first-order chi connectivity index (χ1) is 13.1. The Morgan fingerprint density at radius 1 is 1.37 bits per heavy atom. The van der Waals surface area contributed by atoms with E-state index in [1.165, 1.54) is 0 Å². The van der Waals surface area contributed by atoms with Crippen molar-refractivity contribution in [2.75, 3.05) is 51.3 Å². The highest BCUT2D eigenvalue weighted by Crippen LogP contribution is 2.33. The van der Waals surface area contributed by atoms with Crippen molar-refractivity contribution in [3.05, 3.63) is 16.2 Å². The van der Waals surface area contributed by atoms with Gasteiger partial charge >= 0.3 is 0 Å². The van der Waals surface area contributed by atoms with Crippen LogP contribution < -0.4 is 10.2 Å². The van der Waals surface area contributed by atoms with Gasteiger partial charge in [-0.2, -0.15) is 4.98 Å². The second-order valence-corrected chi connectivity index (χ2v) is 8.52. The largest absolute Gasteiger partial charge is 0.378 e. The molecule has 0 aliphatic carbocycles. The topological polar surface area (TPSA) is 70.6 Å². The third-order valence-electron chi connectivity index (χ3n) is 5.16. The van der Waals surface area contributed by atoms with E-state index in [0.717, 1.165) is 59.9 Å². The summed E-state index contributed by atoms with van der Waals surface area (Å²) in [6.45, 7) is 5.39. The number of carbonyl (C=O) groups is 1. The summed E-state index contributed by atoms with van der Waals surface area (Å²) < 4.78 is 5.44. The number of anilines is 1. The van der Waals surface area contributed by atoms with Crippen LogP contribution in [-0.4, -0.2) is 67.2 Å². The Labute approximate surface area is 167 Å². The number of piperidine rings is 1. The molecule has 0 spiro atoms. The van der Waals surface area contributed by atoms with E-state index in [9.17, 15) is 4.79 Å². The Morgan fingerprint density at radius 2 is 2.11 bits per heavy atom. The van der Waals surface area contributed by atoms with E-state index in [-0.39, 0.29) is 17.1 Å². The van der Waals surface area contributed by atoms with Gasteiger partial charge in [-0.05, 0) is 43.6 Å². The molecular weight excluding hydrogens is 386 g/mol. The lowest BCUT2D eigenvalue weighted by Gasteiger charge is -2.28. The summed E-state index contributed by atoms with van der Waals surface area (Å²) in [6.07, 6.45) is 1.83. The first-order valence-electron chi connectivity index (χ1n) is 9.36. The molecular formula is C18H24ClN5O2S. The van der Waals surface area contributed by atoms with Gasteiger partial charge in [0.25, 0.3) is 0 Å². The molecule has 0 radical (unpaired) electrons. The van der Waals surface area contributed by atoms with Gasteiger partial charge < -0.3 is 19.9 Å². The summed E-state index contributed by atoms with van der Waals surface area (Å²) in [6, 6.07) is 2.10. The first-order valence-corrected chi connectivity index (χ1v) is 10.6. The summed E-state index contributed by atoms with van der Waals surface area (Å²) >= 11 is 7.75. The van der Waals surface area contributed by atoms with Crippen molar-refractivity contribution >= 4 is 44.9 Å². The smallest absolute Gasteiger partial charge is 0.225 e. The number of fused-ring (bicyclic) bond motifs is 1. The third kappa shape index (κ3) is 4.18. The van der Waals surface area contributed by atoms with Crippen LogP contribution in [0.15, 0.2) is 6.07 Å². The van der Waals surface area contributed by atoms with Crippen LogP contribution in [-0.2, 0) is 16.1 Å². The monoisotopic (exact) mass is 409 g/mol. The first kappa shape index (κ1) is 18.9. The summed E-state index contributed by atoms with van der Waals surface area (Å²) in [5, 5.41) is 4.57. The molecule has 4 heterocycles. The van der Waals surface area contributed by atoms with Gasteiger partial charge in [0.2, 0.25) is 11.2 Å². The van der Waals surface area contributed by atoms with Crippen molar-refractivity contribution in [3.8, 4) is 0 Å². The average Bonchev–Trinajstić information content (AvgIpc) is 3.10.